The molecule has 0 aromatic carbocycles. The molecule has 118 valence electrons. The molecule has 1 aliphatic rings. The summed E-state index contributed by atoms with van der Waals surface area (Å²) in [5.41, 5.74) is -0.305. The first kappa shape index (κ1) is 16.2. The van der Waals surface area contributed by atoms with Gasteiger partial charge in [0.25, 0.3) is 0 Å². The minimum absolute atomic E-state index is 0.0364. The van der Waals surface area contributed by atoms with Crippen molar-refractivity contribution in [2.24, 2.45) is 17.8 Å². The van der Waals surface area contributed by atoms with Crippen molar-refractivity contribution in [3.63, 3.8) is 0 Å². The van der Waals surface area contributed by atoms with E-state index in [2.05, 4.69) is 30.5 Å². The number of rotatable bonds is 4. The van der Waals surface area contributed by atoms with Crippen LogP contribution in [-0.4, -0.2) is 19.4 Å². The van der Waals surface area contributed by atoms with E-state index in [1.165, 1.54) is 18.3 Å². The highest BCUT2D eigenvalue weighted by molar-refractivity contribution is 7.89. The van der Waals surface area contributed by atoms with E-state index < -0.39 is 10.0 Å². The second-order valence-electron chi connectivity index (χ2n) is 6.44. The van der Waals surface area contributed by atoms with Gasteiger partial charge in [0, 0.05) is 18.3 Å². The summed E-state index contributed by atoms with van der Waals surface area (Å²) < 4.78 is 27.7. The van der Waals surface area contributed by atoms with Crippen LogP contribution in [0.1, 0.15) is 40.0 Å². The van der Waals surface area contributed by atoms with Crippen LogP contribution in [-0.2, 0) is 10.0 Å². The highest BCUT2D eigenvalue weighted by Gasteiger charge is 2.33. The van der Waals surface area contributed by atoms with Crippen LogP contribution in [0.4, 0.5) is 0 Å². The third-order valence-electron chi connectivity index (χ3n) is 4.39. The maximum atomic E-state index is 12.5. The molecular formula is C15H24N2O3S. The van der Waals surface area contributed by atoms with E-state index in [4.69, 9.17) is 0 Å². The summed E-state index contributed by atoms with van der Waals surface area (Å²) in [4.78, 5) is 13.6. The molecule has 0 bridgehead atoms. The van der Waals surface area contributed by atoms with Crippen molar-refractivity contribution in [2.45, 2.75) is 51.0 Å². The predicted octanol–water partition coefficient (Wildman–Crippen LogP) is 2.11. The van der Waals surface area contributed by atoms with E-state index in [1.807, 2.05) is 0 Å². The summed E-state index contributed by atoms with van der Waals surface area (Å²) in [6, 6.07) is 2.54. The molecule has 21 heavy (non-hydrogen) atoms. The van der Waals surface area contributed by atoms with Gasteiger partial charge >= 0.3 is 0 Å². The number of hydrogen-bond acceptors (Lipinski definition) is 3. The monoisotopic (exact) mass is 312 g/mol. The van der Waals surface area contributed by atoms with Crippen LogP contribution in [0.15, 0.2) is 28.0 Å². The van der Waals surface area contributed by atoms with Crippen LogP contribution < -0.4 is 10.3 Å². The average molecular weight is 312 g/mol. The summed E-state index contributed by atoms with van der Waals surface area (Å²) in [5, 5.41) is 0. The molecule has 3 atom stereocenters. The number of pyridine rings is 1. The minimum Gasteiger partial charge on any atom is -0.328 e. The number of H-pyrrole nitrogens is 1. The fraction of sp³-hybridized carbons (Fsp3) is 0.667. The van der Waals surface area contributed by atoms with Gasteiger partial charge < -0.3 is 4.98 Å². The minimum atomic E-state index is -3.59. The summed E-state index contributed by atoms with van der Waals surface area (Å²) in [7, 11) is -3.59. The van der Waals surface area contributed by atoms with Gasteiger partial charge in [-0.25, -0.2) is 13.1 Å². The molecule has 0 spiro atoms. The molecule has 0 radical (unpaired) electrons. The highest BCUT2D eigenvalue weighted by atomic mass is 32.2. The van der Waals surface area contributed by atoms with Crippen LogP contribution in [0.2, 0.25) is 0 Å². The van der Waals surface area contributed by atoms with Gasteiger partial charge in [-0.1, -0.05) is 27.2 Å². The van der Waals surface area contributed by atoms with Gasteiger partial charge in [0.1, 0.15) is 0 Å². The van der Waals surface area contributed by atoms with Gasteiger partial charge in [0.15, 0.2) is 0 Å². The molecule has 3 unspecified atom stereocenters. The molecule has 2 rings (SSSR count). The van der Waals surface area contributed by atoms with Crippen LogP contribution in [0.3, 0.4) is 0 Å². The molecule has 1 aromatic rings. The van der Waals surface area contributed by atoms with E-state index in [1.54, 1.807) is 0 Å². The molecule has 0 aliphatic heterocycles. The zero-order valence-corrected chi connectivity index (χ0v) is 13.6. The second kappa shape index (κ2) is 6.32. The number of sulfonamides is 1. The Labute approximate surface area is 126 Å². The molecule has 1 saturated carbocycles. The maximum Gasteiger partial charge on any atom is 0.247 e. The van der Waals surface area contributed by atoms with Crippen LogP contribution in [0, 0.1) is 17.8 Å². The lowest BCUT2D eigenvalue weighted by Gasteiger charge is -2.37. The number of aromatic nitrogens is 1. The van der Waals surface area contributed by atoms with Crippen molar-refractivity contribution in [1.82, 2.24) is 9.71 Å². The second-order valence-corrected chi connectivity index (χ2v) is 8.16. The Kier molecular flexibility index (Phi) is 4.88. The van der Waals surface area contributed by atoms with E-state index >= 15 is 0 Å². The molecule has 0 saturated heterocycles. The van der Waals surface area contributed by atoms with Crippen molar-refractivity contribution in [2.75, 3.05) is 0 Å². The van der Waals surface area contributed by atoms with E-state index in [0.717, 1.165) is 19.3 Å². The summed E-state index contributed by atoms with van der Waals surface area (Å²) in [5.74, 6) is 1.34. The van der Waals surface area contributed by atoms with Gasteiger partial charge in [-0.2, -0.15) is 0 Å². The Morgan fingerprint density at radius 1 is 1.29 bits per heavy atom. The molecule has 6 heteroatoms. The molecule has 2 N–H and O–H groups in total. The Balaban J connectivity index is 2.20. The molecule has 1 aromatic heterocycles. The fourth-order valence-electron chi connectivity index (χ4n) is 3.17. The molecule has 0 amide bonds. The Morgan fingerprint density at radius 3 is 2.57 bits per heavy atom. The Bertz CT molecular complexity index is 616. The normalized spacial score (nSPS) is 27.0. The zero-order chi connectivity index (χ0) is 15.6. The SMILES string of the molecule is CC1CCC(C(C)C)C(NS(=O)(=O)c2ccc(=O)[nH]c2)C1. The fourth-order valence-corrected chi connectivity index (χ4v) is 4.44. The predicted molar refractivity (Wildman–Crippen MR) is 82.5 cm³/mol. The zero-order valence-electron chi connectivity index (χ0n) is 12.8. The standard InChI is InChI=1S/C15H24N2O3S/c1-10(2)13-6-4-11(3)8-14(13)17-21(19,20)12-5-7-15(18)16-9-12/h5,7,9-11,13-14,17H,4,6,8H2,1-3H3,(H,16,18). The van der Waals surface area contributed by atoms with Crippen molar-refractivity contribution < 1.29 is 8.42 Å². The topological polar surface area (TPSA) is 79.0 Å². The average Bonchev–Trinajstić information content (AvgIpc) is 2.38. The lowest BCUT2D eigenvalue weighted by Crippen LogP contribution is -2.45. The largest absolute Gasteiger partial charge is 0.328 e. The van der Waals surface area contributed by atoms with E-state index in [-0.39, 0.29) is 16.5 Å². The Morgan fingerprint density at radius 2 is 2.00 bits per heavy atom. The highest BCUT2D eigenvalue weighted by Crippen LogP contribution is 2.34. The molecule has 1 aliphatic carbocycles. The first-order chi connectivity index (χ1) is 9.79. The first-order valence-electron chi connectivity index (χ1n) is 7.50. The number of aromatic amines is 1. The summed E-state index contributed by atoms with van der Waals surface area (Å²) in [6.07, 6.45) is 4.32. The summed E-state index contributed by atoms with van der Waals surface area (Å²) >= 11 is 0. The van der Waals surface area contributed by atoms with E-state index in [0.29, 0.717) is 17.8 Å². The van der Waals surface area contributed by atoms with Crippen LogP contribution in [0.5, 0.6) is 0 Å². The summed E-state index contributed by atoms with van der Waals surface area (Å²) in [6.45, 7) is 6.45. The van der Waals surface area contributed by atoms with Gasteiger partial charge in [0.2, 0.25) is 15.6 Å². The van der Waals surface area contributed by atoms with E-state index in [9.17, 15) is 13.2 Å². The van der Waals surface area contributed by atoms with Crippen molar-refractivity contribution >= 4 is 10.0 Å². The lowest BCUT2D eigenvalue weighted by atomic mass is 9.74. The van der Waals surface area contributed by atoms with Gasteiger partial charge in [0.05, 0.1) is 4.90 Å². The van der Waals surface area contributed by atoms with Crippen molar-refractivity contribution in [3.05, 3.63) is 28.7 Å². The van der Waals surface area contributed by atoms with Crippen LogP contribution >= 0.6 is 0 Å². The Hall–Kier alpha value is -1.14. The smallest absolute Gasteiger partial charge is 0.247 e. The van der Waals surface area contributed by atoms with Gasteiger partial charge in [-0.3, -0.25) is 4.79 Å². The first-order valence-corrected chi connectivity index (χ1v) is 8.99. The number of hydrogen-bond donors (Lipinski definition) is 2. The molecule has 1 heterocycles. The van der Waals surface area contributed by atoms with Gasteiger partial charge in [-0.15, -0.1) is 0 Å². The maximum absolute atomic E-state index is 12.5. The van der Waals surface area contributed by atoms with Gasteiger partial charge in [-0.05, 0) is 36.7 Å². The third kappa shape index (κ3) is 3.95. The quantitative estimate of drug-likeness (QED) is 0.893. The molecule has 5 nitrogen and oxygen atoms in total. The molecular weight excluding hydrogens is 288 g/mol. The van der Waals surface area contributed by atoms with Crippen LogP contribution in [0.25, 0.3) is 0 Å². The lowest BCUT2D eigenvalue weighted by molar-refractivity contribution is 0.188. The number of nitrogens with one attached hydrogen (secondary N) is 2. The van der Waals surface area contributed by atoms with Crippen molar-refractivity contribution in [3.8, 4) is 0 Å². The third-order valence-corrected chi connectivity index (χ3v) is 5.88. The molecule has 1 fully saturated rings. The van der Waals surface area contributed by atoms with Crippen molar-refractivity contribution in [1.29, 1.82) is 0 Å².